The van der Waals surface area contributed by atoms with Gasteiger partial charge >= 0.3 is 0 Å². The van der Waals surface area contributed by atoms with Crippen molar-refractivity contribution in [2.45, 2.75) is 31.7 Å². The first-order valence-electron chi connectivity index (χ1n) is 9.57. The van der Waals surface area contributed by atoms with E-state index in [9.17, 15) is 4.79 Å². The van der Waals surface area contributed by atoms with Crippen molar-refractivity contribution in [3.63, 3.8) is 0 Å². The largest absolute Gasteiger partial charge is 0.494 e. The Hall–Kier alpha value is -2.52. The molecule has 1 N–H and O–H groups in total. The predicted octanol–water partition coefficient (Wildman–Crippen LogP) is 4.26. The van der Waals surface area contributed by atoms with Crippen LogP contribution in [0, 0.1) is 11.3 Å². The van der Waals surface area contributed by atoms with Crippen LogP contribution in [-0.2, 0) is 4.79 Å². The number of piperidine rings is 1. The number of nitrogens with zero attached hydrogens (tertiary/aromatic N) is 2. The lowest BCUT2D eigenvalue weighted by atomic mass is 10.0. The lowest BCUT2D eigenvalue weighted by Gasteiger charge is -2.34. The SMILES string of the molecule is N#Cc1ccc(N2CCC(NC(=O)CCCOc3cccc(Br)c3)CC2)cc1. The van der Waals surface area contributed by atoms with Gasteiger partial charge in [0.2, 0.25) is 5.91 Å². The van der Waals surface area contributed by atoms with Crippen LogP contribution in [0.1, 0.15) is 31.2 Å². The maximum atomic E-state index is 12.2. The second-order valence-corrected chi connectivity index (χ2v) is 7.81. The molecule has 3 rings (SSSR count). The van der Waals surface area contributed by atoms with E-state index in [2.05, 4.69) is 32.2 Å². The Morgan fingerprint density at radius 3 is 2.64 bits per heavy atom. The Balaban J connectivity index is 1.33. The highest BCUT2D eigenvalue weighted by Gasteiger charge is 2.20. The molecule has 0 spiro atoms. The minimum atomic E-state index is 0.0923. The lowest BCUT2D eigenvalue weighted by molar-refractivity contribution is -0.122. The average Bonchev–Trinajstić information content (AvgIpc) is 2.72. The minimum Gasteiger partial charge on any atom is -0.494 e. The van der Waals surface area contributed by atoms with Crippen LogP contribution in [0.2, 0.25) is 0 Å². The molecule has 1 saturated heterocycles. The fraction of sp³-hybridized carbons (Fsp3) is 0.364. The number of nitrogens with one attached hydrogen (secondary N) is 1. The summed E-state index contributed by atoms with van der Waals surface area (Å²) in [5.74, 6) is 0.902. The van der Waals surface area contributed by atoms with E-state index in [1.54, 1.807) is 0 Å². The summed E-state index contributed by atoms with van der Waals surface area (Å²) in [4.78, 5) is 14.5. The summed E-state index contributed by atoms with van der Waals surface area (Å²) in [5.41, 5.74) is 1.81. The van der Waals surface area contributed by atoms with Crippen LogP contribution >= 0.6 is 15.9 Å². The van der Waals surface area contributed by atoms with E-state index in [4.69, 9.17) is 10.00 Å². The molecule has 0 aliphatic carbocycles. The highest BCUT2D eigenvalue weighted by molar-refractivity contribution is 9.10. The van der Waals surface area contributed by atoms with Crippen molar-refractivity contribution in [3.05, 3.63) is 58.6 Å². The van der Waals surface area contributed by atoms with Gasteiger partial charge in [0.05, 0.1) is 18.2 Å². The first-order chi connectivity index (χ1) is 13.6. The molecule has 0 unspecified atom stereocenters. The molecular weight excluding hydrogens is 418 g/mol. The van der Waals surface area contributed by atoms with Crippen molar-refractivity contribution in [3.8, 4) is 11.8 Å². The number of ether oxygens (including phenoxy) is 1. The standard InChI is InChI=1S/C22H24BrN3O2/c23-18-3-1-4-21(15-18)28-14-2-5-22(27)25-19-10-12-26(13-11-19)20-8-6-17(16-24)7-9-20/h1,3-4,6-9,15,19H,2,5,10-14H2,(H,25,27). The molecule has 1 heterocycles. The van der Waals surface area contributed by atoms with Crippen LogP contribution in [0.4, 0.5) is 5.69 Å². The van der Waals surface area contributed by atoms with Crippen LogP contribution < -0.4 is 15.0 Å². The summed E-state index contributed by atoms with van der Waals surface area (Å²) >= 11 is 3.41. The maximum absolute atomic E-state index is 12.2. The van der Waals surface area contributed by atoms with Gasteiger partial charge in [-0.25, -0.2) is 0 Å². The van der Waals surface area contributed by atoms with Crippen molar-refractivity contribution in [2.75, 3.05) is 24.6 Å². The molecule has 1 amide bonds. The molecule has 0 saturated carbocycles. The molecule has 28 heavy (non-hydrogen) atoms. The van der Waals surface area contributed by atoms with E-state index >= 15 is 0 Å². The summed E-state index contributed by atoms with van der Waals surface area (Å²) < 4.78 is 6.65. The summed E-state index contributed by atoms with van der Waals surface area (Å²) in [5, 5.41) is 12.0. The Morgan fingerprint density at radius 2 is 1.96 bits per heavy atom. The van der Waals surface area contributed by atoms with E-state index < -0.39 is 0 Å². The second-order valence-electron chi connectivity index (χ2n) is 6.90. The van der Waals surface area contributed by atoms with Crippen molar-refractivity contribution >= 4 is 27.5 Å². The summed E-state index contributed by atoms with van der Waals surface area (Å²) in [6.45, 7) is 2.34. The Kier molecular flexibility index (Phi) is 7.32. The third kappa shape index (κ3) is 6.00. The predicted molar refractivity (Wildman–Crippen MR) is 113 cm³/mol. The molecule has 1 aliphatic rings. The highest BCUT2D eigenvalue weighted by Crippen LogP contribution is 2.21. The summed E-state index contributed by atoms with van der Waals surface area (Å²) in [6.07, 6.45) is 3.03. The fourth-order valence-corrected chi connectivity index (χ4v) is 3.69. The monoisotopic (exact) mass is 441 g/mol. The van der Waals surface area contributed by atoms with Crippen LogP contribution in [0.25, 0.3) is 0 Å². The highest BCUT2D eigenvalue weighted by atomic mass is 79.9. The molecule has 1 fully saturated rings. The van der Waals surface area contributed by atoms with Gasteiger partial charge in [-0.1, -0.05) is 22.0 Å². The zero-order valence-electron chi connectivity index (χ0n) is 15.7. The minimum absolute atomic E-state index is 0.0923. The zero-order chi connectivity index (χ0) is 19.8. The van der Waals surface area contributed by atoms with Crippen molar-refractivity contribution in [1.29, 1.82) is 5.26 Å². The Morgan fingerprint density at radius 1 is 1.21 bits per heavy atom. The number of nitriles is 1. The topological polar surface area (TPSA) is 65.4 Å². The van der Waals surface area contributed by atoms with Gasteiger partial charge in [-0.15, -0.1) is 0 Å². The number of benzene rings is 2. The van der Waals surface area contributed by atoms with Crippen molar-refractivity contribution in [2.24, 2.45) is 0 Å². The smallest absolute Gasteiger partial charge is 0.220 e. The number of carbonyl (C=O) groups excluding carboxylic acids is 1. The lowest BCUT2D eigenvalue weighted by Crippen LogP contribution is -2.44. The summed E-state index contributed by atoms with van der Waals surface area (Å²) in [7, 11) is 0. The molecule has 146 valence electrons. The third-order valence-corrected chi connectivity index (χ3v) is 5.33. The van der Waals surface area contributed by atoms with E-state index in [1.165, 1.54) is 0 Å². The van der Waals surface area contributed by atoms with Crippen LogP contribution in [0.3, 0.4) is 0 Å². The molecule has 0 atom stereocenters. The van der Waals surface area contributed by atoms with Crippen LogP contribution in [0.15, 0.2) is 53.0 Å². The molecule has 0 aromatic heterocycles. The van der Waals surface area contributed by atoms with Gasteiger partial charge in [0.15, 0.2) is 0 Å². The van der Waals surface area contributed by atoms with Gasteiger partial charge in [0, 0.05) is 35.7 Å². The fourth-order valence-electron chi connectivity index (χ4n) is 3.31. The number of rotatable bonds is 7. The molecule has 0 bridgehead atoms. The van der Waals surface area contributed by atoms with Gasteiger partial charge in [-0.05, 0) is 61.7 Å². The number of halogens is 1. The quantitative estimate of drug-likeness (QED) is 0.651. The van der Waals surface area contributed by atoms with Crippen LogP contribution in [0.5, 0.6) is 5.75 Å². The van der Waals surface area contributed by atoms with E-state index in [-0.39, 0.29) is 11.9 Å². The molecule has 5 nitrogen and oxygen atoms in total. The van der Waals surface area contributed by atoms with Gasteiger partial charge in [-0.2, -0.15) is 5.26 Å². The van der Waals surface area contributed by atoms with Crippen molar-refractivity contribution < 1.29 is 9.53 Å². The normalized spacial score (nSPS) is 14.4. The molecule has 6 heteroatoms. The van der Waals surface area contributed by atoms with Gasteiger partial charge < -0.3 is 15.0 Å². The first kappa shape index (κ1) is 20.2. The molecule has 0 radical (unpaired) electrons. The Bertz CT molecular complexity index is 824. The Labute approximate surface area is 174 Å². The number of hydrogen-bond acceptors (Lipinski definition) is 4. The molecule has 2 aromatic carbocycles. The van der Waals surface area contributed by atoms with Gasteiger partial charge in [0.1, 0.15) is 5.75 Å². The van der Waals surface area contributed by atoms with Gasteiger partial charge in [-0.3, -0.25) is 4.79 Å². The first-order valence-corrected chi connectivity index (χ1v) is 10.4. The van der Waals surface area contributed by atoms with Crippen molar-refractivity contribution in [1.82, 2.24) is 5.32 Å². The third-order valence-electron chi connectivity index (χ3n) is 4.83. The number of carbonyl (C=O) groups is 1. The zero-order valence-corrected chi connectivity index (χ0v) is 17.3. The maximum Gasteiger partial charge on any atom is 0.220 e. The molecular formula is C22H24BrN3O2. The number of amides is 1. The number of hydrogen-bond donors (Lipinski definition) is 1. The summed E-state index contributed by atoms with van der Waals surface area (Å²) in [6, 6.07) is 17.7. The van der Waals surface area contributed by atoms with Crippen LogP contribution in [-0.4, -0.2) is 31.6 Å². The van der Waals surface area contributed by atoms with Gasteiger partial charge in [0.25, 0.3) is 0 Å². The van der Waals surface area contributed by atoms with E-state index in [1.807, 2.05) is 48.5 Å². The second kappa shape index (κ2) is 10.1. The molecule has 2 aromatic rings. The van der Waals surface area contributed by atoms with E-state index in [0.29, 0.717) is 25.0 Å². The molecule has 1 aliphatic heterocycles. The van der Waals surface area contributed by atoms with E-state index in [0.717, 1.165) is 41.8 Å². The average molecular weight is 442 g/mol. The number of anilines is 1.